The van der Waals surface area contributed by atoms with Gasteiger partial charge in [-0.25, -0.2) is 13.4 Å². The summed E-state index contributed by atoms with van der Waals surface area (Å²) >= 11 is 2.28. The number of nitriles is 1. The van der Waals surface area contributed by atoms with E-state index in [1.807, 2.05) is 5.40 Å². The predicted molar refractivity (Wildman–Crippen MR) is 111 cm³/mol. The number of sulfone groups is 1. The van der Waals surface area contributed by atoms with Gasteiger partial charge in [-0.1, -0.05) is 49.2 Å². The van der Waals surface area contributed by atoms with Crippen LogP contribution in [-0.2, 0) is 14.6 Å². The summed E-state index contributed by atoms with van der Waals surface area (Å²) in [6.45, 7) is 0. The van der Waals surface area contributed by atoms with Crippen LogP contribution in [-0.4, -0.2) is 25.6 Å². The number of benzene rings is 1. The lowest BCUT2D eigenvalue weighted by Gasteiger charge is -2.20. The van der Waals surface area contributed by atoms with Crippen molar-refractivity contribution in [2.45, 2.75) is 47.1 Å². The van der Waals surface area contributed by atoms with Gasteiger partial charge in [-0.15, -0.1) is 0 Å². The molecule has 3 rings (SSSR count). The smallest absolute Gasteiger partial charge is 0.233 e. The lowest BCUT2D eigenvalue weighted by molar-refractivity contribution is -0.118. The third kappa shape index (κ3) is 5.34. The number of anilines is 1. The van der Waals surface area contributed by atoms with Crippen LogP contribution in [0.25, 0.3) is 0 Å². The first-order valence-corrected chi connectivity index (χ1v) is 12.5. The van der Waals surface area contributed by atoms with Crippen molar-refractivity contribution >= 4 is 44.0 Å². The molecule has 1 aliphatic rings. The summed E-state index contributed by atoms with van der Waals surface area (Å²) in [5.74, 6) is -0.0270. The van der Waals surface area contributed by atoms with E-state index in [0.717, 1.165) is 40.8 Å². The standard InChI is InChI=1S/C19H21N3O3S3/c1-28(24,25)15-8-6-14(7-9-15)16(10-13-4-2-3-5-13)18(23)22-19-21-11-17(27-19)26-12-20/h6-9,11,13,16H,2-5,10H2,1H3,(H,21,22,23). The molecule has 1 N–H and O–H groups in total. The van der Waals surface area contributed by atoms with Crippen LogP contribution in [0.15, 0.2) is 39.6 Å². The number of nitrogens with zero attached hydrogens (tertiary/aromatic N) is 2. The van der Waals surface area contributed by atoms with Crippen LogP contribution in [0.4, 0.5) is 5.13 Å². The molecule has 1 aliphatic carbocycles. The highest BCUT2D eigenvalue weighted by molar-refractivity contribution is 8.05. The summed E-state index contributed by atoms with van der Waals surface area (Å²) in [6, 6.07) is 6.58. The molecule has 148 valence electrons. The number of thioether (sulfide) groups is 1. The number of aromatic nitrogens is 1. The molecule has 1 fully saturated rings. The van der Waals surface area contributed by atoms with E-state index in [0.29, 0.717) is 11.0 Å². The molecule has 1 unspecified atom stereocenters. The van der Waals surface area contributed by atoms with Gasteiger partial charge in [0.25, 0.3) is 0 Å². The number of thiocyanates is 1. The lowest BCUT2D eigenvalue weighted by atomic mass is 9.87. The maximum absolute atomic E-state index is 13.0. The van der Waals surface area contributed by atoms with Crippen LogP contribution >= 0.6 is 23.1 Å². The highest BCUT2D eigenvalue weighted by Crippen LogP contribution is 2.36. The topological polar surface area (TPSA) is 99.9 Å². The molecule has 28 heavy (non-hydrogen) atoms. The Bertz CT molecular complexity index is 972. The molecule has 0 saturated heterocycles. The Morgan fingerprint density at radius 3 is 2.64 bits per heavy atom. The van der Waals surface area contributed by atoms with Gasteiger partial charge < -0.3 is 5.32 Å². The van der Waals surface area contributed by atoms with Gasteiger partial charge in [0.2, 0.25) is 5.91 Å². The van der Waals surface area contributed by atoms with Crippen molar-refractivity contribution in [1.82, 2.24) is 4.98 Å². The maximum Gasteiger partial charge on any atom is 0.233 e. The summed E-state index contributed by atoms with van der Waals surface area (Å²) in [5.41, 5.74) is 0.806. The Morgan fingerprint density at radius 1 is 1.36 bits per heavy atom. The molecule has 9 heteroatoms. The van der Waals surface area contributed by atoms with E-state index in [1.165, 1.54) is 30.4 Å². The first-order chi connectivity index (χ1) is 13.4. The Labute approximate surface area is 173 Å². The monoisotopic (exact) mass is 435 g/mol. The zero-order valence-corrected chi connectivity index (χ0v) is 17.9. The van der Waals surface area contributed by atoms with Crippen molar-refractivity contribution in [3.05, 3.63) is 36.0 Å². The number of rotatable bonds is 7. The fourth-order valence-electron chi connectivity index (χ4n) is 3.52. The van der Waals surface area contributed by atoms with Crippen LogP contribution in [0.1, 0.15) is 43.6 Å². The number of carbonyl (C=O) groups excluding carboxylic acids is 1. The minimum absolute atomic E-state index is 0.151. The second kappa shape index (κ2) is 9.07. The Kier molecular flexibility index (Phi) is 6.75. The number of nitrogens with one attached hydrogen (secondary N) is 1. The van der Waals surface area contributed by atoms with E-state index in [4.69, 9.17) is 5.26 Å². The summed E-state index contributed by atoms with van der Waals surface area (Å²) in [4.78, 5) is 17.4. The van der Waals surface area contributed by atoms with Gasteiger partial charge in [0, 0.05) is 18.0 Å². The predicted octanol–water partition coefficient (Wildman–Crippen LogP) is 4.42. The summed E-state index contributed by atoms with van der Waals surface area (Å²) in [7, 11) is -3.28. The molecule has 0 aliphatic heterocycles. The van der Waals surface area contributed by atoms with Crippen molar-refractivity contribution in [2.24, 2.45) is 5.92 Å². The van der Waals surface area contributed by atoms with Crippen molar-refractivity contribution in [2.75, 3.05) is 11.6 Å². The third-order valence-electron chi connectivity index (χ3n) is 4.93. The molecule has 0 bridgehead atoms. The van der Waals surface area contributed by atoms with Crippen molar-refractivity contribution in [1.29, 1.82) is 5.26 Å². The molecule has 1 aromatic heterocycles. The Morgan fingerprint density at radius 2 is 2.04 bits per heavy atom. The van der Waals surface area contributed by atoms with E-state index in [1.54, 1.807) is 30.5 Å². The number of amides is 1. The van der Waals surface area contributed by atoms with Gasteiger partial charge in [0.1, 0.15) is 5.40 Å². The number of hydrogen-bond acceptors (Lipinski definition) is 7. The molecule has 0 radical (unpaired) electrons. The number of thiazole rings is 1. The minimum Gasteiger partial charge on any atom is -0.301 e. The molecule has 2 aromatic rings. The first-order valence-electron chi connectivity index (χ1n) is 8.99. The molecule has 1 amide bonds. The van der Waals surface area contributed by atoms with Crippen LogP contribution < -0.4 is 5.32 Å². The summed E-state index contributed by atoms with van der Waals surface area (Å²) in [5, 5.41) is 14.1. The van der Waals surface area contributed by atoms with Crippen molar-refractivity contribution in [3.63, 3.8) is 0 Å². The van der Waals surface area contributed by atoms with Gasteiger partial charge in [0.15, 0.2) is 15.0 Å². The Balaban J connectivity index is 1.81. The van der Waals surface area contributed by atoms with Crippen LogP contribution in [0.2, 0.25) is 0 Å². The highest BCUT2D eigenvalue weighted by Gasteiger charge is 2.27. The first kappa shape index (κ1) is 20.8. The molecule has 1 heterocycles. The Hall–Kier alpha value is -1.89. The van der Waals surface area contributed by atoms with Crippen molar-refractivity contribution in [3.8, 4) is 5.40 Å². The second-order valence-corrected chi connectivity index (χ2v) is 11.1. The van der Waals surface area contributed by atoms with E-state index in [9.17, 15) is 13.2 Å². The average molecular weight is 436 g/mol. The molecule has 6 nitrogen and oxygen atoms in total. The van der Waals surface area contributed by atoms with E-state index in [-0.39, 0.29) is 16.7 Å². The molecular weight excluding hydrogens is 414 g/mol. The fourth-order valence-corrected chi connectivity index (χ4v) is 5.42. The minimum atomic E-state index is -3.28. The summed E-state index contributed by atoms with van der Waals surface area (Å²) in [6.07, 6.45) is 8.08. The van der Waals surface area contributed by atoms with Crippen LogP contribution in [0.3, 0.4) is 0 Å². The van der Waals surface area contributed by atoms with Gasteiger partial charge >= 0.3 is 0 Å². The van der Waals surface area contributed by atoms with Gasteiger partial charge in [-0.2, -0.15) is 5.26 Å². The summed E-state index contributed by atoms with van der Waals surface area (Å²) < 4.78 is 24.1. The molecule has 1 saturated carbocycles. The van der Waals surface area contributed by atoms with E-state index in [2.05, 4.69) is 10.3 Å². The third-order valence-corrected chi connectivity index (χ3v) is 7.67. The average Bonchev–Trinajstić information content (AvgIpc) is 3.31. The quantitative estimate of drug-likeness (QED) is 0.510. The van der Waals surface area contributed by atoms with Gasteiger partial charge in [-0.05, 0) is 30.0 Å². The lowest BCUT2D eigenvalue weighted by Crippen LogP contribution is -2.23. The fraction of sp³-hybridized carbons (Fsp3) is 0.421. The van der Waals surface area contributed by atoms with Crippen LogP contribution in [0, 0.1) is 16.6 Å². The molecule has 0 spiro atoms. The van der Waals surface area contributed by atoms with Gasteiger partial charge in [0.05, 0.1) is 21.2 Å². The van der Waals surface area contributed by atoms with Gasteiger partial charge in [-0.3, -0.25) is 4.79 Å². The molecule has 1 atom stereocenters. The maximum atomic E-state index is 13.0. The molecular formula is C19H21N3O3S3. The van der Waals surface area contributed by atoms with Crippen molar-refractivity contribution < 1.29 is 13.2 Å². The van der Waals surface area contributed by atoms with E-state index < -0.39 is 9.84 Å². The normalized spacial score (nSPS) is 15.9. The number of hydrogen-bond donors (Lipinski definition) is 1. The van der Waals surface area contributed by atoms with Crippen LogP contribution in [0.5, 0.6) is 0 Å². The SMILES string of the molecule is CS(=O)(=O)c1ccc(C(CC2CCCC2)C(=O)Nc2ncc(SC#N)s2)cc1. The zero-order valence-electron chi connectivity index (χ0n) is 15.4. The highest BCUT2D eigenvalue weighted by atomic mass is 32.2. The van der Waals surface area contributed by atoms with E-state index >= 15 is 0 Å². The molecule has 1 aromatic carbocycles. The largest absolute Gasteiger partial charge is 0.301 e. The second-order valence-electron chi connectivity index (χ2n) is 6.95. The zero-order chi connectivity index (χ0) is 20.1. The number of carbonyl (C=O) groups is 1.